The third-order valence-electron chi connectivity index (χ3n) is 2.69. The van der Waals surface area contributed by atoms with E-state index < -0.39 is 0 Å². The van der Waals surface area contributed by atoms with Crippen molar-refractivity contribution in [3.8, 4) is 0 Å². The average Bonchev–Trinajstić information content (AvgIpc) is 2.89. The zero-order chi connectivity index (χ0) is 12.4. The number of furan rings is 1. The topological polar surface area (TPSA) is 54.3 Å². The normalized spacial score (nSPS) is 13.9. The Morgan fingerprint density at radius 1 is 1.39 bits per heavy atom. The van der Waals surface area contributed by atoms with Gasteiger partial charge in [-0.05, 0) is 24.3 Å². The minimum atomic E-state index is 0.0551. The Labute approximate surface area is 109 Å². The fourth-order valence-electron chi connectivity index (χ4n) is 1.79. The lowest BCUT2D eigenvalue weighted by molar-refractivity contribution is -0.113. The Morgan fingerprint density at radius 3 is 3.17 bits per heavy atom. The molecule has 5 heteroatoms. The molecule has 3 rings (SSSR count). The second kappa shape index (κ2) is 4.78. The number of benzene rings is 1. The van der Waals surface area contributed by atoms with Crippen LogP contribution in [0, 0.1) is 0 Å². The highest BCUT2D eigenvalue weighted by Gasteiger charge is 2.15. The highest BCUT2D eigenvalue weighted by molar-refractivity contribution is 8.00. The summed E-state index contributed by atoms with van der Waals surface area (Å²) in [7, 11) is 0. The molecular formula is C13H12N2O2S. The minimum absolute atomic E-state index is 0.0551. The summed E-state index contributed by atoms with van der Waals surface area (Å²) in [5.74, 6) is 0.550. The van der Waals surface area contributed by atoms with Crippen molar-refractivity contribution in [3.63, 3.8) is 0 Å². The van der Waals surface area contributed by atoms with Gasteiger partial charge in [-0.2, -0.15) is 0 Å². The first-order valence-electron chi connectivity index (χ1n) is 5.63. The minimum Gasteiger partial charge on any atom is -0.472 e. The van der Waals surface area contributed by atoms with Crippen LogP contribution in [0.25, 0.3) is 0 Å². The number of rotatable bonds is 3. The number of carbonyl (C=O) groups is 1. The molecule has 2 aromatic rings. The summed E-state index contributed by atoms with van der Waals surface area (Å²) in [5.41, 5.74) is 2.96. The zero-order valence-electron chi connectivity index (χ0n) is 9.60. The number of amides is 1. The molecule has 18 heavy (non-hydrogen) atoms. The van der Waals surface area contributed by atoms with Crippen LogP contribution in [0.15, 0.2) is 46.1 Å². The maximum absolute atomic E-state index is 11.3. The fraction of sp³-hybridized carbons (Fsp3) is 0.154. The van der Waals surface area contributed by atoms with E-state index in [4.69, 9.17) is 4.42 Å². The van der Waals surface area contributed by atoms with E-state index in [9.17, 15) is 4.79 Å². The molecule has 0 spiro atoms. The monoisotopic (exact) mass is 260 g/mol. The summed E-state index contributed by atoms with van der Waals surface area (Å²) < 4.78 is 5.01. The van der Waals surface area contributed by atoms with E-state index in [1.165, 1.54) is 0 Å². The molecule has 1 amide bonds. The van der Waals surface area contributed by atoms with Gasteiger partial charge in [-0.15, -0.1) is 11.8 Å². The Bertz CT molecular complexity index is 566. The predicted molar refractivity (Wildman–Crippen MR) is 71.8 cm³/mol. The van der Waals surface area contributed by atoms with Gasteiger partial charge in [-0.1, -0.05) is 0 Å². The SMILES string of the molecule is O=C1CSc2ccc(NCc3ccoc3)cc2N1. The standard InChI is InChI=1S/C13H12N2O2S/c16-13-8-18-12-2-1-10(5-11(12)15-13)14-6-9-3-4-17-7-9/h1-5,7,14H,6,8H2,(H,15,16). The summed E-state index contributed by atoms with van der Waals surface area (Å²) in [6, 6.07) is 7.92. The van der Waals surface area contributed by atoms with Crippen LogP contribution >= 0.6 is 11.8 Å². The lowest BCUT2D eigenvalue weighted by Crippen LogP contribution is -2.18. The van der Waals surface area contributed by atoms with Crippen LogP contribution in [0.3, 0.4) is 0 Å². The van der Waals surface area contributed by atoms with Gasteiger partial charge in [0.2, 0.25) is 5.91 Å². The Kier molecular flexibility index (Phi) is 2.98. The van der Waals surface area contributed by atoms with Gasteiger partial charge in [0.1, 0.15) is 0 Å². The third-order valence-corrected chi connectivity index (χ3v) is 3.76. The third kappa shape index (κ3) is 2.36. The van der Waals surface area contributed by atoms with Crippen LogP contribution in [0.5, 0.6) is 0 Å². The maximum Gasteiger partial charge on any atom is 0.234 e. The summed E-state index contributed by atoms with van der Waals surface area (Å²) in [4.78, 5) is 12.4. The summed E-state index contributed by atoms with van der Waals surface area (Å²) in [6.45, 7) is 0.705. The molecule has 0 aliphatic carbocycles. The predicted octanol–water partition coefficient (Wildman–Crippen LogP) is 2.94. The van der Waals surface area contributed by atoms with E-state index in [0.717, 1.165) is 21.8 Å². The molecule has 2 N–H and O–H groups in total. The number of carbonyl (C=O) groups excluding carboxylic acids is 1. The van der Waals surface area contributed by atoms with E-state index in [1.54, 1.807) is 24.3 Å². The van der Waals surface area contributed by atoms with Gasteiger partial charge in [0.25, 0.3) is 0 Å². The Hall–Kier alpha value is -1.88. The average molecular weight is 260 g/mol. The smallest absolute Gasteiger partial charge is 0.234 e. The molecule has 0 unspecified atom stereocenters. The molecule has 92 valence electrons. The number of nitrogens with one attached hydrogen (secondary N) is 2. The van der Waals surface area contributed by atoms with Gasteiger partial charge in [0.15, 0.2) is 0 Å². The molecule has 1 aliphatic heterocycles. The largest absolute Gasteiger partial charge is 0.472 e. The van der Waals surface area contributed by atoms with E-state index in [2.05, 4.69) is 10.6 Å². The lowest BCUT2D eigenvalue weighted by Gasteiger charge is -2.17. The van der Waals surface area contributed by atoms with Crippen LogP contribution in [0.2, 0.25) is 0 Å². The first-order chi connectivity index (χ1) is 8.81. The summed E-state index contributed by atoms with van der Waals surface area (Å²) in [5, 5.41) is 6.17. The number of thioether (sulfide) groups is 1. The van der Waals surface area contributed by atoms with Crippen molar-refractivity contribution in [2.75, 3.05) is 16.4 Å². The number of anilines is 2. The zero-order valence-corrected chi connectivity index (χ0v) is 10.4. The van der Waals surface area contributed by atoms with Crippen molar-refractivity contribution in [2.24, 2.45) is 0 Å². The quantitative estimate of drug-likeness (QED) is 0.891. The van der Waals surface area contributed by atoms with Crippen molar-refractivity contribution in [2.45, 2.75) is 11.4 Å². The van der Waals surface area contributed by atoms with Gasteiger partial charge < -0.3 is 15.1 Å². The molecule has 0 bridgehead atoms. The second-order valence-electron chi connectivity index (χ2n) is 4.03. The molecule has 0 saturated carbocycles. The number of fused-ring (bicyclic) bond motifs is 1. The van der Waals surface area contributed by atoms with Gasteiger partial charge in [-0.3, -0.25) is 4.79 Å². The molecule has 1 aliphatic rings. The van der Waals surface area contributed by atoms with E-state index in [0.29, 0.717) is 12.3 Å². The van der Waals surface area contributed by atoms with Gasteiger partial charge >= 0.3 is 0 Å². The molecule has 2 heterocycles. The van der Waals surface area contributed by atoms with Crippen LogP contribution in [0.1, 0.15) is 5.56 Å². The fourth-order valence-corrected chi connectivity index (χ4v) is 2.58. The first-order valence-corrected chi connectivity index (χ1v) is 6.61. The molecule has 0 saturated heterocycles. The van der Waals surface area contributed by atoms with Crippen LogP contribution in [0.4, 0.5) is 11.4 Å². The van der Waals surface area contributed by atoms with Crippen molar-refractivity contribution in [1.29, 1.82) is 0 Å². The number of hydrogen-bond donors (Lipinski definition) is 2. The van der Waals surface area contributed by atoms with E-state index in [-0.39, 0.29) is 5.91 Å². The molecule has 0 atom stereocenters. The van der Waals surface area contributed by atoms with Crippen molar-refractivity contribution < 1.29 is 9.21 Å². The van der Waals surface area contributed by atoms with Crippen molar-refractivity contribution in [1.82, 2.24) is 0 Å². The lowest BCUT2D eigenvalue weighted by atomic mass is 10.2. The number of hydrogen-bond acceptors (Lipinski definition) is 4. The van der Waals surface area contributed by atoms with E-state index in [1.807, 2.05) is 24.3 Å². The van der Waals surface area contributed by atoms with Crippen LogP contribution in [-0.2, 0) is 11.3 Å². The second-order valence-corrected chi connectivity index (χ2v) is 5.05. The molecule has 0 fully saturated rings. The first kappa shape index (κ1) is 11.2. The Balaban J connectivity index is 1.73. The molecule has 0 radical (unpaired) electrons. The highest BCUT2D eigenvalue weighted by atomic mass is 32.2. The molecule has 4 nitrogen and oxygen atoms in total. The summed E-state index contributed by atoms with van der Waals surface area (Å²) >= 11 is 1.57. The van der Waals surface area contributed by atoms with Crippen LogP contribution in [-0.4, -0.2) is 11.7 Å². The van der Waals surface area contributed by atoms with Crippen LogP contribution < -0.4 is 10.6 Å². The van der Waals surface area contributed by atoms with E-state index >= 15 is 0 Å². The molecular weight excluding hydrogens is 248 g/mol. The van der Waals surface area contributed by atoms with Crippen molar-refractivity contribution in [3.05, 3.63) is 42.4 Å². The van der Waals surface area contributed by atoms with Gasteiger partial charge in [0, 0.05) is 22.7 Å². The Morgan fingerprint density at radius 2 is 2.33 bits per heavy atom. The van der Waals surface area contributed by atoms with Crippen molar-refractivity contribution >= 4 is 29.0 Å². The molecule has 1 aromatic carbocycles. The summed E-state index contributed by atoms with van der Waals surface area (Å²) in [6.07, 6.45) is 3.36. The molecule has 1 aromatic heterocycles. The van der Waals surface area contributed by atoms with Gasteiger partial charge in [-0.25, -0.2) is 0 Å². The maximum atomic E-state index is 11.3. The van der Waals surface area contributed by atoms with Gasteiger partial charge in [0.05, 0.1) is 24.0 Å². The highest BCUT2D eigenvalue weighted by Crippen LogP contribution is 2.33.